The van der Waals surface area contributed by atoms with Crippen molar-refractivity contribution in [1.29, 1.82) is 0 Å². The number of hydrogen-bond donors (Lipinski definition) is 0. The van der Waals surface area contributed by atoms with E-state index in [0.29, 0.717) is 0 Å². The molecule has 84 valence electrons. The zero-order valence-corrected chi connectivity index (χ0v) is 9.49. The van der Waals surface area contributed by atoms with E-state index >= 15 is 0 Å². The highest BCUT2D eigenvalue weighted by atomic mass is 19.1. The molecule has 0 aliphatic rings. The van der Waals surface area contributed by atoms with Gasteiger partial charge in [0.1, 0.15) is 0 Å². The summed E-state index contributed by atoms with van der Waals surface area (Å²) >= 11 is 0. The van der Waals surface area contributed by atoms with E-state index in [1.165, 1.54) is 13.2 Å². The van der Waals surface area contributed by atoms with Gasteiger partial charge in [-0.1, -0.05) is 6.07 Å². The molecule has 0 saturated carbocycles. The Labute approximate surface area is 93.5 Å². The fourth-order valence-electron chi connectivity index (χ4n) is 1.72. The Morgan fingerprint density at radius 1 is 1.38 bits per heavy atom. The summed E-state index contributed by atoms with van der Waals surface area (Å²) in [5.41, 5.74) is 2.63. The Bertz CT molecular complexity index is 520. The first-order valence-corrected chi connectivity index (χ1v) is 4.96. The second kappa shape index (κ2) is 3.96. The van der Waals surface area contributed by atoms with Crippen LogP contribution in [0.4, 0.5) is 4.39 Å². The van der Waals surface area contributed by atoms with Crippen molar-refractivity contribution in [1.82, 2.24) is 9.78 Å². The number of methoxy groups -OCH3 is 1. The molecule has 0 atom stereocenters. The van der Waals surface area contributed by atoms with Crippen LogP contribution in [0.1, 0.15) is 5.69 Å². The Morgan fingerprint density at radius 3 is 2.62 bits per heavy atom. The number of aromatic nitrogens is 2. The molecule has 0 aliphatic heterocycles. The predicted octanol–water partition coefficient (Wildman–Crippen LogP) is 2.54. The van der Waals surface area contributed by atoms with E-state index in [-0.39, 0.29) is 11.6 Å². The van der Waals surface area contributed by atoms with E-state index in [2.05, 4.69) is 5.10 Å². The fraction of sp³-hybridized carbons (Fsp3) is 0.250. The lowest BCUT2D eigenvalue weighted by Crippen LogP contribution is -1.88. The van der Waals surface area contributed by atoms with Crippen molar-refractivity contribution >= 4 is 0 Å². The van der Waals surface area contributed by atoms with Gasteiger partial charge in [0.05, 0.1) is 12.8 Å². The number of halogens is 1. The maximum atomic E-state index is 13.5. The standard InChI is InChI=1S/C12H13FN2O/c1-8-10(7-15(2)14-8)9-4-5-12(16-3)11(13)6-9/h4-7H,1-3H3. The summed E-state index contributed by atoms with van der Waals surface area (Å²) < 4.78 is 20.1. The third-order valence-electron chi connectivity index (χ3n) is 2.48. The average Bonchev–Trinajstić information content (AvgIpc) is 2.58. The Morgan fingerprint density at radius 2 is 2.12 bits per heavy atom. The van der Waals surface area contributed by atoms with Crippen molar-refractivity contribution in [3.05, 3.63) is 35.9 Å². The third-order valence-corrected chi connectivity index (χ3v) is 2.48. The van der Waals surface area contributed by atoms with Gasteiger partial charge in [-0.3, -0.25) is 4.68 Å². The summed E-state index contributed by atoms with van der Waals surface area (Å²) in [6.45, 7) is 1.90. The molecule has 3 nitrogen and oxygen atoms in total. The van der Waals surface area contributed by atoms with E-state index in [1.54, 1.807) is 10.7 Å². The fourth-order valence-corrected chi connectivity index (χ4v) is 1.72. The van der Waals surface area contributed by atoms with E-state index in [4.69, 9.17) is 4.74 Å². The van der Waals surface area contributed by atoms with E-state index in [1.807, 2.05) is 26.2 Å². The second-order valence-electron chi connectivity index (χ2n) is 3.65. The van der Waals surface area contributed by atoms with Crippen molar-refractivity contribution in [2.45, 2.75) is 6.92 Å². The first kappa shape index (κ1) is 10.7. The molecule has 0 unspecified atom stereocenters. The van der Waals surface area contributed by atoms with Gasteiger partial charge in [-0.05, 0) is 24.6 Å². The van der Waals surface area contributed by atoms with Crippen LogP contribution in [-0.2, 0) is 7.05 Å². The Kier molecular flexibility index (Phi) is 2.64. The molecule has 0 N–H and O–H groups in total. The number of rotatable bonds is 2. The van der Waals surface area contributed by atoms with Crippen LogP contribution in [0.25, 0.3) is 11.1 Å². The van der Waals surface area contributed by atoms with Crippen LogP contribution < -0.4 is 4.74 Å². The minimum absolute atomic E-state index is 0.255. The maximum Gasteiger partial charge on any atom is 0.165 e. The smallest absolute Gasteiger partial charge is 0.165 e. The molecule has 0 bridgehead atoms. The molecule has 2 aromatic rings. The summed E-state index contributed by atoms with van der Waals surface area (Å²) in [5.74, 6) is -0.103. The zero-order valence-electron chi connectivity index (χ0n) is 9.49. The number of nitrogens with zero attached hydrogens (tertiary/aromatic N) is 2. The first-order chi connectivity index (χ1) is 7.61. The van der Waals surface area contributed by atoms with E-state index in [0.717, 1.165) is 16.8 Å². The van der Waals surface area contributed by atoms with Crippen LogP contribution >= 0.6 is 0 Å². The number of benzene rings is 1. The number of ether oxygens (including phenoxy) is 1. The zero-order chi connectivity index (χ0) is 11.7. The SMILES string of the molecule is COc1ccc(-c2cn(C)nc2C)cc1F. The minimum Gasteiger partial charge on any atom is -0.494 e. The van der Waals surface area contributed by atoms with Gasteiger partial charge in [0.2, 0.25) is 0 Å². The lowest BCUT2D eigenvalue weighted by Gasteiger charge is -2.04. The van der Waals surface area contributed by atoms with Gasteiger partial charge in [0.25, 0.3) is 0 Å². The Hall–Kier alpha value is -1.84. The van der Waals surface area contributed by atoms with Gasteiger partial charge in [-0.15, -0.1) is 0 Å². The monoisotopic (exact) mass is 220 g/mol. The summed E-state index contributed by atoms with van der Waals surface area (Å²) in [5, 5.41) is 4.22. The van der Waals surface area contributed by atoms with Gasteiger partial charge in [-0.2, -0.15) is 5.10 Å². The molecule has 0 aliphatic carbocycles. The van der Waals surface area contributed by atoms with Crippen molar-refractivity contribution in [3.63, 3.8) is 0 Å². The quantitative estimate of drug-likeness (QED) is 0.777. The summed E-state index contributed by atoms with van der Waals surface area (Å²) in [7, 11) is 3.30. The van der Waals surface area contributed by atoms with Crippen molar-refractivity contribution in [2.24, 2.45) is 7.05 Å². The topological polar surface area (TPSA) is 27.1 Å². The second-order valence-corrected chi connectivity index (χ2v) is 3.65. The van der Waals surface area contributed by atoms with Crippen molar-refractivity contribution in [2.75, 3.05) is 7.11 Å². The summed E-state index contributed by atoms with van der Waals surface area (Å²) in [4.78, 5) is 0. The van der Waals surface area contributed by atoms with Crippen LogP contribution in [0, 0.1) is 12.7 Å². The van der Waals surface area contributed by atoms with Crippen LogP contribution in [0.2, 0.25) is 0 Å². The summed E-state index contributed by atoms with van der Waals surface area (Å²) in [6.07, 6.45) is 1.87. The molecular formula is C12H13FN2O. The molecular weight excluding hydrogens is 207 g/mol. The molecule has 0 saturated heterocycles. The number of aryl methyl sites for hydroxylation is 2. The Balaban J connectivity index is 2.49. The molecule has 2 rings (SSSR count). The van der Waals surface area contributed by atoms with E-state index in [9.17, 15) is 4.39 Å². The van der Waals surface area contributed by atoms with Crippen molar-refractivity contribution < 1.29 is 9.13 Å². The highest BCUT2D eigenvalue weighted by Gasteiger charge is 2.09. The van der Waals surface area contributed by atoms with Gasteiger partial charge in [0, 0.05) is 18.8 Å². The predicted molar refractivity (Wildman–Crippen MR) is 59.9 cm³/mol. The highest BCUT2D eigenvalue weighted by molar-refractivity contribution is 5.65. The van der Waals surface area contributed by atoms with Gasteiger partial charge < -0.3 is 4.74 Å². The molecule has 4 heteroatoms. The summed E-state index contributed by atoms with van der Waals surface area (Å²) in [6, 6.07) is 4.91. The van der Waals surface area contributed by atoms with Crippen LogP contribution in [-0.4, -0.2) is 16.9 Å². The van der Waals surface area contributed by atoms with Crippen molar-refractivity contribution in [3.8, 4) is 16.9 Å². The lowest BCUT2D eigenvalue weighted by atomic mass is 10.1. The maximum absolute atomic E-state index is 13.5. The van der Waals surface area contributed by atoms with E-state index < -0.39 is 0 Å². The van der Waals surface area contributed by atoms with Gasteiger partial charge >= 0.3 is 0 Å². The molecule has 16 heavy (non-hydrogen) atoms. The highest BCUT2D eigenvalue weighted by Crippen LogP contribution is 2.26. The van der Waals surface area contributed by atoms with Gasteiger partial charge in [0.15, 0.2) is 11.6 Å². The van der Waals surface area contributed by atoms with Gasteiger partial charge in [-0.25, -0.2) is 4.39 Å². The molecule has 0 spiro atoms. The molecule has 0 amide bonds. The largest absolute Gasteiger partial charge is 0.494 e. The lowest BCUT2D eigenvalue weighted by molar-refractivity contribution is 0.386. The normalized spacial score (nSPS) is 10.5. The molecule has 1 aromatic heterocycles. The molecule has 1 aromatic carbocycles. The molecule has 1 heterocycles. The minimum atomic E-state index is -0.358. The van der Waals surface area contributed by atoms with Crippen LogP contribution in [0.5, 0.6) is 5.75 Å². The third kappa shape index (κ3) is 1.78. The number of hydrogen-bond acceptors (Lipinski definition) is 2. The molecule has 0 radical (unpaired) electrons. The first-order valence-electron chi connectivity index (χ1n) is 4.96. The van der Waals surface area contributed by atoms with Crippen LogP contribution in [0.3, 0.4) is 0 Å². The van der Waals surface area contributed by atoms with Crippen LogP contribution in [0.15, 0.2) is 24.4 Å². The molecule has 0 fully saturated rings. The average molecular weight is 220 g/mol.